The summed E-state index contributed by atoms with van der Waals surface area (Å²) in [6, 6.07) is 13.2. The Morgan fingerprint density at radius 2 is 1.79 bits per heavy atom. The number of para-hydroxylation sites is 2. The molecule has 4 aromatic rings. The Balaban J connectivity index is 1.94. The second-order valence-corrected chi connectivity index (χ2v) is 7.07. The first-order chi connectivity index (χ1) is 14.0. The minimum absolute atomic E-state index is 0.163. The van der Waals surface area contributed by atoms with Crippen molar-refractivity contribution in [3.8, 4) is 5.69 Å². The summed E-state index contributed by atoms with van der Waals surface area (Å²) in [7, 11) is 0. The lowest BCUT2D eigenvalue weighted by atomic mass is 10.1. The number of carbonyl (C=O) groups excluding carboxylic acids is 1. The van der Waals surface area contributed by atoms with Crippen LogP contribution in [-0.2, 0) is 4.74 Å². The van der Waals surface area contributed by atoms with Gasteiger partial charge in [-0.1, -0.05) is 32.4 Å². The lowest BCUT2D eigenvalue weighted by molar-refractivity contribution is 0.0450. The van der Waals surface area contributed by atoms with Gasteiger partial charge >= 0.3 is 5.97 Å². The number of fused-ring (bicyclic) bond motifs is 2. The lowest BCUT2D eigenvalue weighted by Gasteiger charge is -2.10. The van der Waals surface area contributed by atoms with E-state index in [9.17, 15) is 9.18 Å². The van der Waals surface area contributed by atoms with E-state index in [1.54, 1.807) is 16.7 Å². The Bertz CT molecular complexity index is 1200. The molecule has 2 aromatic carbocycles. The third kappa shape index (κ3) is 3.40. The molecule has 0 aliphatic heterocycles. The highest BCUT2D eigenvalue weighted by Gasteiger charge is 2.26. The van der Waals surface area contributed by atoms with Crippen LogP contribution in [0.15, 0.2) is 48.5 Å². The van der Waals surface area contributed by atoms with Crippen molar-refractivity contribution >= 4 is 34.0 Å². The van der Waals surface area contributed by atoms with Gasteiger partial charge in [0.25, 0.3) is 0 Å². The molecule has 6 nitrogen and oxygen atoms in total. The highest BCUT2D eigenvalue weighted by Crippen LogP contribution is 2.31. The van der Waals surface area contributed by atoms with E-state index in [4.69, 9.17) is 10.5 Å². The monoisotopic (exact) mass is 392 g/mol. The number of anilines is 1. The highest BCUT2D eigenvalue weighted by atomic mass is 19.1. The Morgan fingerprint density at radius 1 is 1.14 bits per heavy atom. The van der Waals surface area contributed by atoms with Crippen LogP contribution < -0.4 is 5.73 Å². The zero-order chi connectivity index (χ0) is 20.5. The van der Waals surface area contributed by atoms with Crippen LogP contribution in [0, 0.1) is 11.7 Å². The summed E-state index contributed by atoms with van der Waals surface area (Å²) in [4.78, 5) is 22.2. The van der Waals surface area contributed by atoms with E-state index in [-0.39, 0.29) is 23.1 Å². The van der Waals surface area contributed by atoms with Crippen LogP contribution in [0.5, 0.6) is 0 Å². The molecule has 29 heavy (non-hydrogen) atoms. The van der Waals surface area contributed by atoms with Crippen molar-refractivity contribution in [3.63, 3.8) is 0 Å². The van der Waals surface area contributed by atoms with Gasteiger partial charge in [0.15, 0.2) is 5.65 Å². The third-order valence-electron chi connectivity index (χ3n) is 4.98. The highest BCUT2D eigenvalue weighted by molar-refractivity contribution is 6.09. The average Bonchev–Trinajstić information content (AvgIpc) is 3.01. The van der Waals surface area contributed by atoms with E-state index in [0.29, 0.717) is 34.5 Å². The Kier molecular flexibility index (Phi) is 4.88. The smallest absolute Gasteiger partial charge is 0.344 e. The minimum Gasteiger partial charge on any atom is -0.462 e. The molecule has 0 aliphatic rings. The summed E-state index contributed by atoms with van der Waals surface area (Å²) in [6.07, 6.45) is 0.893. The zero-order valence-electron chi connectivity index (χ0n) is 16.2. The molecule has 0 fully saturated rings. The first kappa shape index (κ1) is 18.9. The van der Waals surface area contributed by atoms with Crippen LogP contribution in [-0.4, -0.2) is 27.1 Å². The second kappa shape index (κ2) is 7.50. The fourth-order valence-electron chi connectivity index (χ4n) is 3.12. The molecule has 0 spiro atoms. The zero-order valence-corrected chi connectivity index (χ0v) is 16.2. The SMILES string of the molecule is CC[C@@H](C)COC(=O)c1c(N)n(-c2ccc(F)cc2)c2nc3ccccc3nc12. The van der Waals surface area contributed by atoms with Crippen LogP contribution >= 0.6 is 0 Å². The molecule has 4 rings (SSSR count). The van der Waals surface area contributed by atoms with Crippen molar-refractivity contribution < 1.29 is 13.9 Å². The van der Waals surface area contributed by atoms with E-state index in [0.717, 1.165) is 6.42 Å². The van der Waals surface area contributed by atoms with Crippen molar-refractivity contribution in [2.45, 2.75) is 20.3 Å². The number of nitrogens with two attached hydrogens (primary N) is 1. The molecule has 0 amide bonds. The molecule has 0 aliphatic carbocycles. The van der Waals surface area contributed by atoms with Crippen molar-refractivity contribution in [2.24, 2.45) is 5.92 Å². The van der Waals surface area contributed by atoms with Gasteiger partial charge in [-0.05, 0) is 42.3 Å². The molecular formula is C22H21FN4O2. The molecule has 148 valence electrons. The lowest BCUT2D eigenvalue weighted by Crippen LogP contribution is -2.13. The predicted molar refractivity (Wildman–Crippen MR) is 110 cm³/mol. The van der Waals surface area contributed by atoms with Gasteiger partial charge in [0.2, 0.25) is 0 Å². The fraction of sp³-hybridized carbons (Fsp3) is 0.227. The van der Waals surface area contributed by atoms with Gasteiger partial charge < -0.3 is 10.5 Å². The van der Waals surface area contributed by atoms with Gasteiger partial charge in [-0.25, -0.2) is 19.2 Å². The van der Waals surface area contributed by atoms with Gasteiger partial charge in [0.1, 0.15) is 22.7 Å². The van der Waals surface area contributed by atoms with Crippen LogP contribution in [0.3, 0.4) is 0 Å². The molecule has 1 atom stereocenters. The predicted octanol–water partition coefficient (Wildman–Crippen LogP) is 4.50. The summed E-state index contributed by atoms with van der Waals surface area (Å²) in [5, 5.41) is 0. The number of hydrogen-bond acceptors (Lipinski definition) is 5. The maximum Gasteiger partial charge on any atom is 0.344 e. The first-order valence-corrected chi connectivity index (χ1v) is 9.49. The maximum atomic E-state index is 13.4. The minimum atomic E-state index is -0.543. The van der Waals surface area contributed by atoms with Crippen molar-refractivity contribution in [1.82, 2.24) is 14.5 Å². The molecule has 2 aromatic heterocycles. The summed E-state index contributed by atoms with van der Waals surface area (Å²) >= 11 is 0. The normalized spacial score (nSPS) is 12.4. The van der Waals surface area contributed by atoms with Crippen molar-refractivity contribution in [2.75, 3.05) is 12.3 Å². The molecule has 0 radical (unpaired) electrons. The summed E-state index contributed by atoms with van der Waals surface area (Å²) in [5.41, 5.74) is 9.23. The molecule has 7 heteroatoms. The van der Waals surface area contributed by atoms with Gasteiger partial charge in [0, 0.05) is 5.69 Å². The molecule has 2 heterocycles. The van der Waals surface area contributed by atoms with Crippen LogP contribution in [0.1, 0.15) is 30.6 Å². The van der Waals surface area contributed by atoms with Crippen LogP contribution in [0.2, 0.25) is 0 Å². The molecule has 0 saturated heterocycles. The standard InChI is InChI=1S/C22H21FN4O2/c1-3-13(2)12-29-22(28)18-19-21(26-17-7-5-4-6-16(17)25-19)27(20(18)24)15-10-8-14(23)9-11-15/h4-11,13H,3,12,24H2,1-2H3/t13-/m1/s1. The fourth-order valence-corrected chi connectivity index (χ4v) is 3.12. The van der Waals surface area contributed by atoms with Crippen LogP contribution in [0.25, 0.3) is 27.9 Å². The largest absolute Gasteiger partial charge is 0.462 e. The van der Waals surface area contributed by atoms with Crippen molar-refractivity contribution in [3.05, 3.63) is 59.9 Å². The molecular weight excluding hydrogens is 371 g/mol. The Morgan fingerprint density at radius 3 is 2.45 bits per heavy atom. The van der Waals surface area contributed by atoms with Gasteiger partial charge in [-0.3, -0.25) is 4.57 Å². The Labute approximate surface area is 167 Å². The number of rotatable bonds is 5. The first-order valence-electron chi connectivity index (χ1n) is 9.49. The number of ether oxygens (including phenoxy) is 1. The quantitative estimate of drug-likeness (QED) is 0.506. The molecule has 0 bridgehead atoms. The van der Waals surface area contributed by atoms with E-state index >= 15 is 0 Å². The maximum absolute atomic E-state index is 13.4. The van der Waals surface area contributed by atoms with E-state index in [1.165, 1.54) is 12.1 Å². The number of nitrogen functional groups attached to an aromatic ring is 1. The molecule has 2 N–H and O–H groups in total. The Hall–Kier alpha value is -3.48. The van der Waals surface area contributed by atoms with E-state index in [1.807, 2.05) is 38.1 Å². The third-order valence-corrected chi connectivity index (χ3v) is 4.98. The summed E-state index contributed by atoms with van der Waals surface area (Å²) in [5.74, 6) is -0.514. The number of hydrogen-bond donors (Lipinski definition) is 1. The number of benzene rings is 2. The number of nitrogens with zero attached hydrogens (tertiary/aromatic N) is 3. The number of esters is 1. The van der Waals surface area contributed by atoms with Gasteiger partial charge in [0.05, 0.1) is 17.6 Å². The van der Waals surface area contributed by atoms with Crippen molar-refractivity contribution in [1.29, 1.82) is 0 Å². The second-order valence-electron chi connectivity index (χ2n) is 7.07. The van der Waals surface area contributed by atoms with Gasteiger partial charge in [-0.15, -0.1) is 0 Å². The van der Waals surface area contributed by atoms with Crippen LogP contribution in [0.4, 0.5) is 10.2 Å². The summed E-state index contributed by atoms with van der Waals surface area (Å²) in [6.45, 7) is 4.33. The van der Waals surface area contributed by atoms with E-state index < -0.39 is 5.97 Å². The molecule has 0 unspecified atom stereocenters. The van der Waals surface area contributed by atoms with E-state index in [2.05, 4.69) is 9.97 Å². The molecule has 0 saturated carbocycles. The number of halogens is 1. The average molecular weight is 392 g/mol. The van der Waals surface area contributed by atoms with Gasteiger partial charge in [-0.2, -0.15) is 0 Å². The number of aromatic nitrogens is 3. The topological polar surface area (TPSA) is 83.0 Å². The summed E-state index contributed by atoms with van der Waals surface area (Å²) < 4.78 is 20.5. The number of carbonyl (C=O) groups is 1.